The number of carbonyl (C=O) groups excluding carboxylic acids is 1. The summed E-state index contributed by atoms with van der Waals surface area (Å²) in [5.74, 6) is -1.54. The Kier molecular flexibility index (Phi) is 3.18. The van der Waals surface area contributed by atoms with Crippen LogP contribution in [-0.4, -0.2) is 35.1 Å². The molecular weight excluding hydrogens is 234 g/mol. The zero-order valence-corrected chi connectivity index (χ0v) is 10.0. The minimum Gasteiger partial charge on any atom is -0.481 e. The van der Waals surface area contributed by atoms with Crippen LogP contribution < -0.4 is 10.6 Å². The molecule has 1 atom stereocenters. The minimum absolute atomic E-state index is 0.146. The fourth-order valence-corrected chi connectivity index (χ4v) is 1.99. The predicted molar refractivity (Wildman–Crippen MR) is 65.3 cm³/mol. The number of hydrogen-bond donors (Lipinski definition) is 2. The average Bonchev–Trinajstić information content (AvgIpc) is 2.27. The molecule has 1 fully saturated rings. The van der Waals surface area contributed by atoms with Crippen LogP contribution >= 0.6 is 0 Å². The highest BCUT2D eigenvalue weighted by atomic mass is 16.4. The number of primary amides is 1. The van der Waals surface area contributed by atoms with Crippen molar-refractivity contribution in [3.63, 3.8) is 0 Å². The van der Waals surface area contributed by atoms with Crippen molar-refractivity contribution in [3.05, 3.63) is 24.0 Å². The van der Waals surface area contributed by atoms with Crippen molar-refractivity contribution in [1.29, 1.82) is 0 Å². The standard InChI is InChI=1S/C12H15N3O3/c1-7(12(17)18)8-5-15(6-8)9-2-3-14-10(4-9)11(13)16/h2-4,7-8H,5-6H2,1H3,(H2,13,16)(H,17,18). The molecule has 96 valence electrons. The van der Waals surface area contributed by atoms with Crippen LogP contribution in [0.3, 0.4) is 0 Å². The van der Waals surface area contributed by atoms with Crippen LogP contribution in [0, 0.1) is 11.8 Å². The van der Waals surface area contributed by atoms with Crippen molar-refractivity contribution in [1.82, 2.24) is 4.98 Å². The number of aromatic nitrogens is 1. The molecule has 0 spiro atoms. The van der Waals surface area contributed by atoms with Gasteiger partial charge in [-0.15, -0.1) is 0 Å². The fourth-order valence-electron chi connectivity index (χ4n) is 1.99. The minimum atomic E-state index is -0.771. The molecule has 6 heteroatoms. The van der Waals surface area contributed by atoms with Gasteiger partial charge in [-0.25, -0.2) is 0 Å². The van der Waals surface area contributed by atoms with Crippen LogP contribution in [-0.2, 0) is 4.79 Å². The van der Waals surface area contributed by atoms with Gasteiger partial charge in [-0.05, 0) is 12.1 Å². The summed E-state index contributed by atoms with van der Waals surface area (Å²) >= 11 is 0. The summed E-state index contributed by atoms with van der Waals surface area (Å²) in [6.45, 7) is 3.07. The maximum Gasteiger partial charge on any atom is 0.306 e. The summed E-state index contributed by atoms with van der Waals surface area (Å²) < 4.78 is 0. The Morgan fingerprint density at radius 1 is 1.56 bits per heavy atom. The Balaban J connectivity index is 2.02. The van der Waals surface area contributed by atoms with E-state index < -0.39 is 11.9 Å². The van der Waals surface area contributed by atoms with Gasteiger partial charge in [0.05, 0.1) is 5.92 Å². The number of aliphatic carboxylic acids is 1. The number of carboxylic acid groups (broad SMARTS) is 1. The van der Waals surface area contributed by atoms with E-state index in [9.17, 15) is 9.59 Å². The van der Waals surface area contributed by atoms with Gasteiger partial charge in [0, 0.05) is 30.9 Å². The lowest BCUT2D eigenvalue weighted by atomic mass is 9.87. The fraction of sp³-hybridized carbons (Fsp3) is 0.417. The first-order valence-corrected chi connectivity index (χ1v) is 5.72. The lowest BCUT2D eigenvalue weighted by Crippen LogP contribution is -2.51. The van der Waals surface area contributed by atoms with Gasteiger partial charge in [0.25, 0.3) is 5.91 Å². The molecular formula is C12H15N3O3. The first-order valence-electron chi connectivity index (χ1n) is 5.72. The topological polar surface area (TPSA) is 96.5 Å². The molecule has 1 aliphatic heterocycles. The van der Waals surface area contributed by atoms with Gasteiger partial charge in [-0.3, -0.25) is 14.6 Å². The number of amides is 1. The number of carboxylic acids is 1. The third kappa shape index (κ3) is 2.27. The Morgan fingerprint density at radius 2 is 2.22 bits per heavy atom. The number of pyridine rings is 1. The van der Waals surface area contributed by atoms with Crippen LogP contribution in [0.2, 0.25) is 0 Å². The number of hydrogen-bond acceptors (Lipinski definition) is 4. The quantitative estimate of drug-likeness (QED) is 0.802. The van der Waals surface area contributed by atoms with Crippen LogP contribution in [0.1, 0.15) is 17.4 Å². The Morgan fingerprint density at radius 3 is 2.78 bits per heavy atom. The Labute approximate surface area is 104 Å². The van der Waals surface area contributed by atoms with Crippen LogP contribution in [0.5, 0.6) is 0 Å². The van der Waals surface area contributed by atoms with E-state index >= 15 is 0 Å². The van der Waals surface area contributed by atoms with Crippen molar-refractivity contribution in [2.45, 2.75) is 6.92 Å². The maximum atomic E-state index is 11.0. The lowest BCUT2D eigenvalue weighted by molar-refractivity contribution is -0.143. The molecule has 3 N–H and O–H groups in total. The summed E-state index contributed by atoms with van der Waals surface area (Å²) in [7, 11) is 0. The zero-order valence-electron chi connectivity index (χ0n) is 10.0. The van der Waals surface area contributed by atoms with E-state index in [2.05, 4.69) is 4.98 Å². The van der Waals surface area contributed by atoms with E-state index in [4.69, 9.17) is 10.8 Å². The van der Waals surface area contributed by atoms with Gasteiger partial charge in [-0.1, -0.05) is 6.92 Å². The monoisotopic (exact) mass is 249 g/mol. The molecule has 18 heavy (non-hydrogen) atoms. The average molecular weight is 249 g/mol. The molecule has 1 saturated heterocycles. The molecule has 1 aromatic rings. The Bertz CT molecular complexity index is 483. The third-order valence-corrected chi connectivity index (χ3v) is 3.37. The van der Waals surface area contributed by atoms with Crippen molar-refractivity contribution >= 4 is 17.6 Å². The van der Waals surface area contributed by atoms with Crippen LogP contribution in [0.25, 0.3) is 0 Å². The zero-order chi connectivity index (χ0) is 13.3. The van der Waals surface area contributed by atoms with E-state index in [-0.39, 0.29) is 17.5 Å². The molecule has 0 saturated carbocycles. The summed E-state index contributed by atoms with van der Waals surface area (Å²) in [6, 6.07) is 3.41. The van der Waals surface area contributed by atoms with Gasteiger partial charge in [-0.2, -0.15) is 0 Å². The van der Waals surface area contributed by atoms with E-state index in [1.165, 1.54) is 6.20 Å². The highest BCUT2D eigenvalue weighted by molar-refractivity contribution is 5.91. The second kappa shape index (κ2) is 4.64. The highest BCUT2D eigenvalue weighted by Gasteiger charge is 2.34. The molecule has 0 aliphatic carbocycles. The van der Waals surface area contributed by atoms with Crippen LogP contribution in [0.4, 0.5) is 5.69 Å². The third-order valence-electron chi connectivity index (χ3n) is 3.37. The first kappa shape index (κ1) is 12.3. The number of carbonyl (C=O) groups is 2. The second-order valence-corrected chi connectivity index (χ2v) is 4.56. The van der Waals surface area contributed by atoms with Crippen molar-refractivity contribution in [2.24, 2.45) is 17.6 Å². The van der Waals surface area contributed by atoms with Gasteiger partial charge in [0.15, 0.2) is 0 Å². The molecule has 0 aromatic carbocycles. The molecule has 1 unspecified atom stereocenters. The Hall–Kier alpha value is -2.11. The van der Waals surface area contributed by atoms with Crippen LogP contribution in [0.15, 0.2) is 18.3 Å². The summed E-state index contributed by atoms with van der Waals surface area (Å²) in [4.78, 5) is 27.7. The molecule has 2 heterocycles. The normalized spacial score (nSPS) is 17.1. The molecule has 1 aliphatic rings. The van der Waals surface area contributed by atoms with Crippen molar-refractivity contribution < 1.29 is 14.7 Å². The van der Waals surface area contributed by atoms with E-state index in [1.807, 2.05) is 4.90 Å². The van der Waals surface area contributed by atoms with Crippen molar-refractivity contribution in [2.75, 3.05) is 18.0 Å². The summed E-state index contributed by atoms with van der Waals surface area (Å²) in [6.07, 6.45) is 1.53. The van der Waals surface area contributed by atoms with E-state index in [0.29, 0.717) is 13.1 Å². The SMILES string of the molecule is CC(C(=O)O)C1CN(c2ccnc(C(N)=O)c2)C1. The predicted octanol–water partition coefficient (Wildman–Crippen LogP) is 0.337. The molecule has 2 rings (SSSR count). The van der Waals surface area contributed by atoms with Gasteiger partial charge < -0.3 is 15.7 Å². The maximum absolute atomic E-state index is 11.0. The van der Waals surface area contributed by atoms with Gasteiger partial charge in [0.2, 0.25) is 0 Å². The van der Waals surface area contributed by atoms with E-state index in [1.54, 1.807) is 19.1 Å². The van der Waals surface area contributed by atoms with Crippen molar-refractivity contribution in [3.8, 4) is 0 Å². The molecule has 6 nitrogen and oxygen atoms in total. The number of anilines is 1. The molecule has 1 amide bonds. The number of rotatable bonds is 4. The van der Waals surface area contributed by atoms with Gasteiger partial charge in [0.1, 0.15) is 5.69 Å². The summed E-state index contributed by atoms with van der Waals surface area (Å²) in [5.41, 5.74) is 6.24. The smallest absolute Gasteiger partial charge is 0.306 e. The molecule has 0 radical (unpaired) electrons. The highest BCUT2D eigenvalue weighted by Crippen LogP contribution is 2.29. The first-order chi connectivity index (χ1) is 8.49. The number of nitrogens with two attached hydrogens (primary N) is 1. The van der Waals surface area contributed by atoms with E-state index in [0.717, 1.165) is 5.69 Å². The molecule has 0 bridgehead atoms. The number of nitrogens with zero attached hydrogens (tertiary/aromatic N) is 2. The largest absolute Gasteiger partial charge is 0.481 e. The van der Waals surface area contributed by atoms with Gasteiger partial charge >= 0.3 is 5.97 Å². The molecule has 1 aromatic heterocycles. The summed E-state index contributed by atoms with van der Waals surface area (Å²) in [5, 5.41) is 8.90. The second-order valence-electron chi connectivity index (χ2n) is 4.56. The lowest BCUT2D eigenvalue weighted by Gasteiger charge is -2.42.